The first-order valence-electron chi connectivity index (χ1n) is 3.29. The van der Waals surface area contributed by atoms with Gasteiger partial charge in [-0.05, 0) is 6.92 Å². The summed E-state index contributed by atoms with van der Waals surface area (Å²) >= 11 is 0. The number of methoxy groups -OCH3 is 1. The number of rotatable bonds is 1. The third-order valence-corrected chi connectivity index (χ3v) is 1.53. The monoisotopic (exact) mass is 154 g/mol. The summed E-state index contributed by atoms with van der Waals surface area (Å²) in [4.78, 5) is 11.0. The van der Waals surface area contributed by atoms with Crippen molar-refractivity contribution in [2.75, 3.05) is 7.11 Å². The van der Waals surface area contributed by atoms with Crippen molar-refractivity contribution in [1.82, 2.24) is 0 Å². The summed E-state index contributed by atoms with van der Waals surface area (Å²) in [5, 5.41) is 0. The van der Waals surface area contributed by atoms with Crippen molar-refractivity contribution in [3.05, 3.63) is 23.7 Å². The van der Waals surface area contributed by atoms with Crippen LogP contribution in [-0.2, 0) is 14.3 Å². The number of carbonyl (C=O) groups is 1. The molecule has 11 heavy (non-hydrogen) atoms. The van der Waals surface area contributed by atoms with Crippen LogP contribution in [-0.4, -0.2) is 13.1 Å². The van der Waals surface area contributed by atoms with Gasteiger partial charge in [-0.15, -0.1) is 0 Å². The minimum atomic E-state index is -0.332. The topological polar surface area (TPSA) is 35.5 Å². The molecule has 0 saturated heterocycles. The molecule has 0 N–H and O–H groups in total. The summed E-state index contributed by atoms with van der Waals surface area (Å²) in [6.45, 7) is 5.33. The molecule has 0 unspecified atom stereocenters. The summed E-state index contributed by atoms with van der Waals surface area (Å²) in [7, 11) is 1.35. The lowest BCUT2D eigenvalue weighted by Crippen LogP contribution is -2.03. The molecule has 0 aliphatic carbocycles. The summed E-state index contributed by atoms with van der Waals surface area (Å²) in [6.07, 6.45) is 0.471. The van der Waals surface area contributed by atoms with Crippen molar-refractivity contribution in [3.63, 3.8) is 0 Å². The fraction of sp³-hybridized carbons (Fsp3) is 0.375. The second kappa shape index (κ2) is 2.78. The first-order chi connectivity index (χ1) is 5.15. The van der Waals surface area contributed by atoms with Crippen LogP contribution in [0.15, 0.2) is 23.7 Å². The van der Waals surface area contributed by atoms with Gasteiger partial charge in [-0.25, -0.2) is 4.79 Å². The Bertz CT molecular complexity index is 238. The number of hydrogen-bond donors (Lipinski definition) is 0. The molecule has 1 aliphatic heterocycles. The van der Waals surface area contributed by atoms with Crippen molar-refractivity contribution >= 4 is 5.97 Å². The maximum atomic E-state index is 11.0. The van der Waals surface area contributed by atoms with Gasteiger partial charge in [0.15, 0.2) is 0 Å². The summed E-state index contributed by atoms with van der Waals surface area (Å²) in [6, 6.07) is 0. The summed E-state index contributed by atoms with van der Waals surface area (Å²) in [5.41, 5.74) is 0.567. The van der Waals surface area contributed by atoms with Gasteiger partial charge < -0.3 is 9.47 Å². The Morgan fingerprint density at radius 3 is 2.73 bits per heavy atom. The minimum Gasteiger partial charge on any atom is -0.466 e. The van der Waals surface area contributed by atoms with Crippen LogP contribution in [0.25, 0.3) is 0 Å². The SMILES string of the molecule is C=C1CC(C(=O)OC)=C(C)O1. The number of hydrogen-bond acceptors (Lipinski definition) is 3. The highest BCUT2D eigenvalue weighted by Crippen LogP contribution is 2.26. The fourth-order valence-electron chi connectivity index (χ4n) is 0.975. The molecular weight excluding hydrogens is 144 g/mol. The molecule has 0 saturated carbocycles. The van der Waals surface area contributed by atoms with Crippen molar-refractivity contribution in [1.29, 1.82) is 0 Å². The number of carbonyl (C=O) groups excluding carboxylic acids is 1. The van der Waals surface area contributed by atoms with E-state index in [-0.39, 0.29) is 5.97 Å². The van der Waals surface area contributed by atoms with Gasteiger partial charge in [0.25, 0.3) is 0 Å². The van der Waals surface area contributed by atoms with Crippen LogP contribution >= 0.6 is 0 Å². The van der Waals surface area contributed by atoms with Crippen LogP contribution in [0.3, 0.4) is 0 Å². The molecule has 0 fully saturated rings. The Morgan fingerprint density at radius 1 is 1.73 bits per heavy atom. The van der Waals surface area contributed by atoms with E-state index in [2.05, 4.69) is 11.3 Å². The van der Waals surface area contributed by atoms with E-state index in [4.69, 9.17) is 4.74 Å². The standard InChI is InChI=1S/C8H10O3/c1-5-4-7(6(2)11-5)8(9)10-3/h1,4H2,2-3H3. The second-order valence-corrected chi connectivity index (χ2v) is 2.34. The third-order valence-electron chi connectivity index (χ3n) is 1.53. The van der Waals surface area contributed by atoms with E-state index in [1.165, 1.54) is 7.11 Å². The predicted octanol–water partition coefficient (Wildman–Crippen LogP) is 1.37. The van der Waals surface area contributed by atoms with E-state index in [0.29, 0.717) is 23.5 Å². The first kappa shape index (κ1) is 7.85. The molecule has 1 heterocycles. The molecule has 0 bridgehead atoms. The van der Waals surface area contributed by atoms with Crippen LogP contribution in [0.4, 0.5) is 0 Å². The van der Waals surface area contributed by atoms with Gasteiger partial charge in [-0.2, -0.15) is 0 Å². The van der Waals surface area contributed by atoms with Crippen molar-refractivity contribution < 1.29 is 14.3 Å². The molecule has 3 nitrogen and oxygen atoms in total. The van der Waals surface area contributed by atoms with Crippen LogP contribution < -0.4 is 0 Å². The van der Waals surface area contributed by atoms with Gasteiger partial charge in [0.2, 0.25) is 0 Å². The molecule has 60 valence electrons. The average molecular weight is 154 g/mol. The Hall–Kier alpha value is -1.25. The smallest absolute Gasteiger partial charge is 0.337 e. The zero-order valence-electron chi connectivity index (χ0n) is 6.64. The highest BCUT2D eigenvalue weighted by atomic mass is 16.5. The highest BCUT2D eigenvalue weighted by Gasteiger charge is 2.22. The normalized spacial score (nSPS) is 16.7. The van der Waals surface area contributed by atoms with E-state index in [9.17, 15) is 4.79 Å². The number of ether oxygens (including phenoxy) is 2. The molecule has 0 amide bonds. The Balaban J connectivity index is 2.79. The predicted molar refractivity (Wildman–Crippen MR) is 39.6 cm³/mol. The lowest BCUT2D eigenvalue weighted by molar-refractivity contribution is -0.136. The van der Waals surface area contributed by atoms with E-state index in [1.54, 1.807) is 6.92 Å². The largest absolute Gasteiger partial charge is 0.466 e. The summed E-state index contributed by atoms with van der Waals surface area (Å²) < 4.78 is 9.62. The molecule has 0 atom stereocenters. The number of allylic oxidation sites excluding steroid dienone is 2. The van der Waals surface area contributed by atoms with Gasteiger partial charge >= 0.3 is 5.97 Å². The Kier molecular flexibility index (Phi) is 1.98. The lowest BCUT2D eigenvalue weighted by atomic mass is 10.2. The Morgan fingerprint density at radius 2 is 2.36 bits per heavy atom. The quantitative estimate of drug-likeness (QED) is 0.535. The van der Waals surface area contributed by atoms with Gasteiger partial charge in [0.1, 0.15) is 11.5 Å². The molecule has 1 aliphatic rings. The molecule has 0 aromatic heterocycles. The zero-order chi connectivity index (χ0) is 8.43. The lowest BCUT2D eigenvalue weighted by Gasteiger charge is -1.96. The molecule has 0 aromatic carbocycles. The molecule has 3 heteroatoms. The Labute approximate surface area is 65.3 Å². The average Bonchev–Trinajstić information content (AvgIpc) is 2.28. The second-order valence-electron chi connectivity index (χ2n) is 2.34. The molecular formula is C8H10O3. The highest BCUT2D eigenvalue weighted by molar-refractivity contribution is 5.89. The minimum absolute atomic E-state index is 0.332. The molecule has 0 spiro atoms. The fourth-order valence-corrected chi connectivity index (χ4v) is 0.975. The zero-order valence-corrected chi connectivity index (χ0v) is 6.64. The van der Waals surface area contributed by atoms with Gasteiger partial charge in [0.05, 0.1) is 12.7 Å². The van der Waals surface area contributed by atoms with Crippen molar-refractivity contribution in [3.8, 4) is 0 Å². The first-order valence-corrected chi connectivity index (χ1v) is 3.29. The van der Waals surface area contributed by atoms with Crippen LogP contribution in [0.1, 0.15) is 13.3 Å². The van der Waals surface area contributed by atoms with Gasteiger partial charge in [0, 0.05) is 6.42 Å². The van der Waals surface area contributed by atoms with E-state index in [1.807, 2.05) is 0 Å². The van der Waals surface area contributed by atoms with Crippen LogP contribution in [0.2, 0.25) is 0 Å². The van der Waals surface area contributed by atoms with E-state index >= 15 is 0 Å². The van der Waals surface area contributed by atoms with Crippen molar-refractivity contribution in [2.24, 2.45) is 0 Å². The summed E-state index contributed by atoms with van der Waals surface area (Å²) in [5.74, 6) is 0.867. The third kappa shape index (κ3) is 1.42. The van der Waals surface area contributed by atoms with Crippen LogP contribution in [0.5, 0.6) is 0 Å². The van der Waals surface area contributed by atoms with E-state index in [0.717, 1.165) is 0 Å². The number of esters is 1. The van der Waals surface area contributed by atoms with Crippen LogP contribution in [0, 0.1) is 0 Å². The maximum Gasteiger partial charge on any atom is 0.337 e. The molecule has 0 aromatic rings. The van der Waals surface area contributed by atoms with Gasteiger partial charge in [-0.1, -0.05) is 6.58 Å². The molecule has 0 radical (unpaired) electrons. The van der Waals surface area contributed by atoms with Crippen molar-refractivity contribution in [2.45, 2.75) is 13.3 Å². The maximum absolute atomic E-state index is 11.0. The molecule has 1 rings (SSSR count). The van der Waals surface area contributed by atoms with E-state index < -0.39 is 0 Å². The van der Waals surface area contributed by atoms with Gasteiger partial charge in [-0.3, -0.25) is 0 Å².